The van der Waals surface area contributed by atoms with Crippen molar-refractivity contribution in [1.82, 2.24) is 20.0 Å². The molecule has 0 aromatic carbocycles. The molecule has 2 fully saturated rings. The van der Waals surface area contributed by atoms with Crippen molar-refractivity contribution in [1.29, 1.82) is 0 Å². The third-order valence-corrected chi connectivity index (χ3v) is 5.19. The fourth-order valence-electron chi connectivity index (χ4n) is 3.99. The highest BCUT2D eigenvalue weighted by atomic mass is 16.5. The number of ether oxygens (including phenoxy) is 1. The molecule has 2 aliphatic rings. The highest BCUT2D eigenvalue weighted by Crippen LogP contribution is 2.34. The van der Waals surface area contributed by atoms with Crippen LogP contribution >= 0.6 is 0 Å². The number of carbonyl (C=O) groups is 1. The van der Waals surface area contributed by atoms with Gasteiger partial charge in [0.2, 0.25) is 5.91 Å². The molecule has 2 saturated heterocycles. The second kappa shape index (κ2) is 7.01. The van der Waals surface area contributed by atoms with E-state index in [4.69, 9.17) is 9.15 Å². The molecular weight excluding hydrogens is 320 g/mol. The highest BCUT2D eigenvalue weighted by Gasteiger charge is 2.43. The number of rotatable bonds is 5. The summed E-state index contributed by atoms with van der Waals surface area (Å²) in [7, 11) is 1.92. The van der Waals surface area contributed by atoms with E-state index in [1.54, 1.807) is 6.26 Å². The summed E-state index contributed by atoms with van der Waals surface area (Å²) in [6.45, 7) is 3.61. The summed E-state index contributed by atoms with van der Waals surface area (Å²) < 4.78 is 13.0. The minimum atomic E-state index is -0.0483. The Morgan fingerprint density at radius 2 is 2.36 bits per heavy atom. The molecule has 0 spiro atoms. The molecule has 3 atom stereocenters. The molecule has 0 radical (unpaired) electrons. The van der Waals surface area contributed by atoms with E-state index >= 15 is 0 Å². The molecular formula is C18H24N4O3. The van der Waals surface area contributed by atoms with Crippen LogP contribution in [0, 0.1) is 11.8 Å². The van der Waals surface area contributed by atoms with Crippen molar-refractivity contribution in [3.8, 4) is 0 Å². The average Bonchev–Trinajstić information content (AvgIpc) is 3.33. The van der Waals surface area contributed by atoms with E-state index < -0.39 is 0 Å². The fourth-order valence-corrected chi connectivity index (χ4v) is 3.99. The van der Waals surface area contributed by atoms with Crippen LogP contribution in [0.3, 0.4) is 0 Å². The monoisotopic (exact) mass is 344 g/mol. The molecule has 4 rings (SSSR count). The Bertz CT molecular complexity index is 712. The molecule has 2 aromatic heterocycles. The number of hydrogen-bond donors (Lipinski definition) is 1. The van der Waals surface area contributed by atoms with Gasteiger partial charge >= 0.3 is 0 Å². The summed E-state index contributed by atoms with van der Waals surface area (Å²) >= 11 is 0. The van der Waals surface area contributed by atoms with Crippen molar-refractivity contribution < 1.29 is 13.9 Å². The van der Waals surface area contributed by atoms with E-state index in [2.05, 4.69) is 15.3 Å². The van der Waals surface area contributed by atoms with E-state index in [0.717, 1.165) is 44.0 Å². The lowest BCUT2D eigenvalue weighted by Gasteiger charge is -2.39. The zero-order chi connectivity index (χ0) is 17.2. The highest BCUT2D eigenvalue weighted by molar-refractivity contribution is 5.79. The SMILES string of the molecule is Cn1cc(CN2C[C@@H]3OCC[C@@H]3[C@@H](C(=O)NCc3ccco3)C2)cn1. The predicted molar refractivity (Wildman–Crippen MR) is 90.4 cm³/mol. The number of amides is 1. The minimum absolute atomic E-state index is 0.0483. The zero-order valence-electron chi connectivity index (χ0n) is 14.4. The third kappa shape index (κ3) is 3.62. The van der Waals surface area contributed by atoms with Crippen molar-refractivity contribution in [3.05, 3.63) is 42.1 Å². The van der Waals surface area contributed by atoms with E-state index in [-0.39, 0.29) is 17.9 Å². The minimum Gasteiger partial charge on any atom is -0.467 e. The van der Waals surface area contributed by atoms with Gasteiger partial charge in [0, 0.05) is 51.0 Å². The van der Waals surface area contributed by atoms with Gasteiger partial charge in [-0.3, -0.25) is 14.4 Å². The molecule has 7 heteroatoms. The molecule has 0 saturated carbocycles. The van der Waals surface area contributed by atoms with Gasteiger partial charge in [-0.05, 0) is 18.6 Å². The summed E-state index contributed by atoms with van der Waals surface area (Å²) in [5.74, 6) is 1.12. The van der Waals surface area contributed by atoms with Gasteiger partial charge in [0.15, 0.2) is 0 Å². The van der Waals surface area contributed by atoms with Crippen molar-refractivity contribution in [2.75, 3.05) is 19.7 Å². The maximum absolute atomic E-state index is 12.8. The molecule has 25 heavy (non-hydrogen) atoms. The summed E-state index contributed by atoms with van der Waals surface area (Å²) in [5, 5.41) is 7.25. The number of nitrogens with zero attached hydrogens (tertiary/aromatic N) is 3. The van der Waals surface area contributed by atoms with Gasteiger partial charge in [-0.2, -0.15) is 5.10 Å². The zero-order valence-corrected chi connectivity index (χ0v) is 14.4. The molecule has 1 N–H and O–H groups in total. The first-order chi connectivity index (χ1) is 12.2. The first kappa shape index (κ1) is 16.4. The third-order valence-electron chi connectivity index (χ3n) is 5.19. The van der Waals surface area contributed by atoms with E-state index in [9.17, 15) is 4.79 Å². The molecule has 7 nitrogen and oxygen atoms in total. The number of likely N-dealkylation sites (tertiary alicyclic amines) is 1. The lowest BCUT2D eigenvalue weighted by molar-refractivity contribution is -0.131. The van der Waals surface area contributed by atoms with Crippen LogP contribution < -0.4 is 5.32 Å². The Hall–Kier alpha value is -2.12. The van der Waals surface area contributed by atoms with Crippen molar-refractivity contribution >= 4 is 5.91 Å². The molecule has 0 aliphatic carbocycles. The Morgan fingerprint density at radius 1 is 1.44 bits per heavy atom. The van der Waals surface area contributed by atoms with E-state index in [1.807, 2.05) is 36.3 Å². The molecule has 0 bridgehead atoms. The summed E-state index contributed by atoms with van der Waals surface area (Å²) in [6, 6.07) is 3.70. The lowest BCUT2D eigenvalue weighted by Crippen LogP contribution is -2.52. The van der Waals surface area contributed by atoms with Crippen LogP contribution in [0.15, 0.2) is 35.2 Å². The molecule has 4 heterocycles. The number of nitrogens with one attached hydrogen (secondary N) is 1. The Balaban J connectivity index is 1.42. The lowest BCUT2D eigenvalue weighted by atomic mass is 9.82. The normalized spacial score (nSPS) is 26.5. The van der Waals surface area contributed by atoms with Crippen LogP contribution in [0.25, 0.3) is 0 Å². The van der Waals surface area contributed by atoms with Crippen LogP contribution in [-0.4, -0.2) is 46.4 Å². The van der Waals surface area contributed by atoms with Gasteiger partial charge in [0.25, 0.3) is 0 Å². The Morgan fingerprint density at radius 3 is 3.12 bits per heavy atom. The summed E-state index contributed by atoms with van der Waals surface area (Å²) in [4.78, 5) is 15.1. The van der Waals surface area contributed by atoms with Gasteiger partial charge in [-0.1, -0.05) is 0 Å². The van der Waals surface area contributed by atoms with Crippen LogP contribution in [0.5, 0.6) is 0 Å². The quantitative estimate of drug-likeness (QED) is 0.881. The second-order valence-electron chi connectivity index (χ2n) is 6.98. The standard InChI is InChI=1S/C18H24N4O3/c1-21-9-13(7-20-21)10-22-11-16(15-4-6-25-17(15)12-22)18(23)19-8-14-3-2-5-24-14/h2-3,5,7,9,15-17H,4,6,8,10-12H2,1H3,(H,19,23)/t15-,16+,17+/m1/s1. The van der Waals surface area contributed by atoms with Crippen LogP contribution in [0.2, 0.25) is 0 Å². The number of aryl methyl sites for hydroxylation is 1. The molecule has 2 aromatic rings. The van der Waals surface area contributed by atoms with Gasteiger partial charge in [0.1, 0.15) is 5.76 Å². The second-order valence-corrected chi connectivity index (χ2v) is 6.98. The first-order valence-corrected chi connectivity index (χ1v) is 8.80. The number of fused-ring (bicyclic) bond motifs is 1. The van der Waals surface area contributed by atoms with E-state index in [1.165, 1.54) is 0 Å². The largest absolute Gasteiger partial charge is 0.467 e. The molecule has 1 amide bonds. The maximum Gasteiger partial charge on any atom is 0.225 e. The Kier molecular flexibility index (Phi) is 4.59. The number of aromatic nitrogens is 2. The van der Waals surface area contributed by atoms with Gasteiger partial charge in [0.05, 0.1) is 31.0 Å². The molecule has 134 valence electrons. The van der Waals surface area contributed by atoms with E-state index in [0.29, 0.717) is 12.5 Å². The predicted octanol–water partition coefficient (Wildman–Crippen LogP) is 1.17. The van der Waals surface area contributed by atoms with Crippen molar-refractivity contribution in [2.45, 2.75) is 25.6 Å². The maximum atomic E-state index is 12.8. The fraction of sp³-hybridized carbons (Fsp3) is 0.556. The van der Waals surface area contributed by atoms with Gasteiger partial charge in [-0.25, -0.2) is 0 Å². The van der Waals surface area contributed by atoms with Crippen LogP contribution in [-0.2, 0) is 29.7 Å². The number of piperidine rings is 1. The molecule has 2 aliphatic heterocycles. The van der Waals surface area contributed by atoms with Crippen LogP contribution in [0.1, 0.15) is 17.7 Å². The topological polar surface area (TPSA) is 72.5 Å². The summed E-state index contributed by atoms with van der Waals surface area (Å²) in [6.07, 6.45) is 6.63. The van der Waals surface area contributed by atoms with Crippen molar-refractivity contribution in [3.63, 3.8) is 0 Å². The van der Waals surface area contributed by atoms with Gasteiger partial charge in [-0.15, -0.1) is 0 Å². The Labute approximate surface area is 146 Å². The van der Waals surface area contributed by atoms with Gasteiger partial charge < -0.3 is 14.5 Å². The summed E-state index contributed by atoms with van der Waals surface area (Å²) in [5.41, 5.74) is 1.16. The van der Waals surface area contributed by atoms with Crippen LogP contribution in [0.4, 0.5) is 0 Å². The average molecular weight is 344 g/mol. The number of carbonyl (C=O) groups excluding carboxylic acids is 1. The molecule has 0 unspecified atom stereocenters. The first-order valence-electron chi connectivity index (χ1n) is 8.80. The van der Waals surface area contributed by atoms with Crippen molar-refractivity contribution in [2.24, 2.45) is 18.9 Å². The number of furan rings is 1. The smallest absolute Gasteiger partial charge is 0.225 e. The number of hydrogen-bond acceptors (Lipinski definition) is 5.